The molecule has 0 aliphatic carbocycles. The van der Waals surface area contributed by atoms with Gasteiger partial charge >= 0.3 is 0 Å². The van der Waals surface area contributed by atoms with Crippen molar-refractivity contribution >= 4 is 63.5 Å². The van der Waals surface area contributed by atoms with E-state index in [-0.39, 0.29) is 5.78 Å². The summed E-state index contributed by atoms with van der Waals surface area (Å²) in [6.07, 6.45) is 0. The fraction of sp³-hybridized carbons (Fsp3) is 0.154. The Morgan fingerprint density at radius 1 is 1.00 bits per heavy atom. The van der Waals surface area contributed by atoms with Crippen molar-refractivity contribution in [3.8, 4) is 0 Å². The molecule has 0 radical (unpaired) electrons. The van der Waals surface area contributed by atoms with Crippen LogP contribution in [0.5, 0.6) is 0 Å². The molecule has 1 aromatic carbocycles. The number of alkyl halides is 2. The molecule has 1 nitrogen and oxygen atoms in total. The van der Waals surface area contributed by atoms with Crippen LogP contribution in [0.2, 0.25) is 9.36 Å². The highest BCUT2D eigenvalue weighted by Crippen LogP contribution is 2.33. The number of Topliss-reactive ketones (excluding diaryl/α,β-unsaturated/α-hetero) is 1. The van der Waals surface area contributed by atoms with E-state index in [4.69, 9.17) is 46.4 Å². The summed E-state index contributed by atoms with van der Waals surface area (Å²) in [6.45, 7) is 0. The number of carbonyl (C=O) groups is 1. The van der Waals surface area contributed by atoms with Crippen LogP contribution in [0.25, 0.3) is 0 Å². The minimum absolute atomic E-state index is 0.228. The average molecular weight is 354 g/mol. The summed E-state index contributed by atoms with van der Waals surface area (Å²) in [5, 5.41) is -0.861. The second-order valence-corrected chi connectivity index (χ2v) is 6.91. The van der Waals surface area contributed by atoms with E-state index in [1.54, 1.807) is 36.4 Å². The zero-order valence-electron chi connectivity index (χ0n) is 9.45. The number of halogens is 4. The lowest BCUT2D eigenvalue weighted by atomic mass is 10.1. The van der Waals surface area contributed by atoms with Gasteiger partial charge in [-0.25, -0.2) is 0 Å². The second kappa shape index (κ2) is 6.47. The van der Waals surface area contributed by atoms with E-state index in [0.29, 0.717) is 14.2 Å². The summed E-state index contributed by atoms with van der Waals surface area (Å²) in [4.78, 5) is 12.7. The topological polar surface area (TPSA) is 17.1 Å². The van der Waals surface area contributed by atoms with Gasteiger partial charge in [-0.2, -0.15) is 0 Å². The monoisotopic (exact) mass is 352 g/mol. The maximum Gasteiger partial charge on any atom is 0.192 e. The first-order valence-corrected chi connectivity index (χ1v) is 7.76. The van der Waals surface area contributed by atoms with Gasteiger partial charge in [0.25, 0.3) is 0 Å². The third-order valence-electron chi connectivity index (χ3n) is 2.51. The van der Waals surface area contributed by atoms with Gasteiger partial charge in [0.1, 0.15) is 5.38 Å². The summed E-state index contributed by atoms with van der Waals surface area (Å²) in [5.74, 6) is -0.228. The predicted octanol–water partition coefficient (Wildman–Crippen LogP) is 5.83. The first-order valence-electron chi connectivity index (χ1n) is 5.32. The van der Waals surface area contributed by atoms with Gasteiger partial charge < -0.3 is 0 Å². The van der Waals surface area contributed by atoms with Crippen LogP contribution in [-0.2, 0) is 0 Å². The minimum Gasteiger partial charge on any atom is -0.292 e. The fourth-order valence-corrected chi connectivity index (χ4v) is 3.27. The molecule has 2 aromatic rings. The Bertz CT molecular complexity index is 579. The van der Waals surface area contributed by atoms with Gasteiger partial charge in [-0.05, 0) is 29.8 Å². The van der Waals surface area contributed by atoms with Crippen molar-refractivity contribution in [2.45, 2.75) is 10.8 Å². The Hall–Kier alpha value is -0.250. The summed E-state index contributed by atoms with van der Waals surface area (Å²) in [7, 11) is 0. The van der Waals surface area contributed by atoms with Crippen molar-refractivity contribution < 1.29 is 4.79 Å². The number of thiophene rings is 1. The number of ketones is 1. The molecule has 0 N–H and O–H groups in total. The molecule has 0 saturated carbocycles. The lowest BCUT2D eigenvalue weighted by Crippen LogP contribution is -2.19. The molecule has 0 aliphatic heterocycles. The minimum atomic E-state index is -0.849. The van der Waals surface area contributed by atoms with Crippen molar-refractivity contribution in [3.05, 3.63) is 56.2 Å². The predicted molar refractivity (Wildman–Crippen MR) is 83.3 cm³/mol. The van der Waals surface area contributed by atoms with Crippen LogP contribution in [0.1, 0.15) is 20.6 Å². The van der Waals surface area contributed by atoms with Gasteiger partial charge in [0.15, 0.2) is 5.78 Å². The molecule has 0 spiro atoms. The highest BCUT2D eigenvalue weighted by Gasteiger charge is 2.27. The van der Waals surface area contributed by atoms with Crippen LogP contribution < -0.4 is 0 Å². The number of benzene rings is 1. The summed E-state index contributed by atoms with van der Waals surface area (Å²) < 4.78 is 0.546. The molecular weight excluding hydrogens is 346 g/mol. The summed E-state index contributed by atoms with van der Waals surface area (Å²) >= 11 is 25.2. The number of hydrogen-bond acceptors (Lipinski definition) is 2. The molecule has 100 valence electrons. The normalized spacial score (nSPS) is 14.1. The molecule has 1 aromatic heterocycles. The molecule has 6 heteroatoms. The van der Waals surface area contributed by atoms with Crippen LogP contribution in [0.15, 0.2) is 36.4 Å². The zero-order chi connectivity index (χ0) is 14.0. The van der Waals surface area contributed by atoms with E-state index in [2.05, 4.69) is 0 Å². The van der Waals surface area contributed by atoms with Gasteiger partial charge in [-0.1, -0.05) is 35.3 Å². The summed E-state index contributed by atoms with van der Waals surface area (Å²) in [6, 6.07) is 10.2. The summed E-state index contributed by atoms with van der Waals surface area (Å²) in [5.41, 5.74) is 0.752. The largest absolute Gasteiger partial charge is 0.292 e. The Morgan fingerprint density at radius 2 is 1.63 bits per heavy atom. The zero-order valence-corrected chi connectivity index (χ0v) is 13.3. The van der Waals surface area contributed by atoms with Crippen molar-refractivity contribution in [1.29, 1.82) is 0 Å². The second-order valence-electron chi connectivity index (χ2n) is 3.82. The highest BCUT2D eigenvalue weighted by molar-refractivity contribution is 7.18. The van der Waals surface area contributed by atoms with Crippen LogP contribution in [-0.4, -0.2) is 11.2 Å². The molecule has 0 aliphatic rings. The van der Waals surface area contributed by atoms with Crippen LogP contribution >= 0.6 is 57.7 Å². The van der Waals surface area contributed by atoms with Gasteiger partial charge in [-0.15, -0.1) is 34.5 Å². The highest BCUT2D eigenvalue weighted by atomic mass is 35.5. The first-order chi connectivity index (χ1) is 8.99. The van der Waals surface area contributed by atoms with Crippen molar-refractivity contribution in [3.63, 3.8) is 0 Å². The maximum atomic E-state index is 12.1. The van der Waals surface area contributed by atoms with E-state index >= 15 is 0 Å². The number of hydrogen-bond donors (Lipinski definition) is 0. The lowest BCUT2D eigenvalue weighted by molar-refractivity contribution is 0.0989. The smallest absolute Gasteiger partial charge is 0.192 e. The Kier molecular flexibility index (Phi) is 5.15. The maximum absolute atomic E-state index is 12.1. The number of rotatable bonds is 4. The van der Waals surface area contributed by atoms with E-state index in [1.807, 2.05) is 0 Å². The van der Waals surface area contributed by atoms with Crippen molar-refractivity contribution in [2.75, 3.05) is 0 Å². The van der Waals surface area contributed by atoms with E-state index in [0.717, 1.165) is 5.56 Å². The first kappa shape index (κ1) is 15.1. The van der Waals surface area contributed by atoms with Gasteiger partial charge in [0.2, 0.25) is 0 Å². The SMILES string of the molecule is O=C(c1ccc(Cl)s1)[C@@H](Cl)[C@H](Cl)c1ccc(Cl)cc1. The third-order valence-corrected chi connectivity index (χ3v) is 5.09. The van der Waals surface area contributed by atoms with Gasteiger partial charge in [0, 0.05) is 5.02 Å². The van der Waals surface area contributed by atoms with Crippen LogP contribution in [0, 0.1) is 0 Å². The molecule has 2 atom stereocenters. The third kappa shape index (κ3) is 3.65. The van der Waals surface area contributed by atoms with E-state index < -0.39 is 10.8 Å². The average Bonchev–Trinajstić information content (AvgIpc) is 2.84. The molecule has 1 heterocycles. The fourth-order valence-electron chi connectivity index (χ4n) is 1.53. The number of carbonyl (C=O) groups excluding carboxylic acids is 1. The Balaban J connectivity index is 2.16. The van der Waals surface area contributed by atoms with Gasteiger partial charge in [0.05, 0.1) is 14.6 Å². The van der Waals surface area contributed by atoms with Crippen molar-refractivity contribution in [2.24, 2.45) is 0 Å². The van der Waals surface area contributed by atoms with Gasteiger partial charge in [-0.3, -0.25) is 4.79 Å². The van der Waals surface area contributed by atoms with E-state index in [9.17, 15) is 4.79 Å². The lowest BCUT2D eigenvalue weighted by Gasteiger charge is -2.14. The van der Waals surface area contributed by atoms with Crippen LogP contribution in [0.4, 0.5) is 0 Å². The van der Waals surface area contributed by atoms with Crippen molar-refractivity contribution in [1.82, 2.24) is 0 Å². The Labute approximate surface area is 135 Å². The molecular formula is C13H8Cl4OS. The van der Waals surface area contributed by atoms with E-state index in [1.165, 1.54) is 11.3 Å². The quantitative estimate of drug-likeness (QED) is 0.499. The molecule has 19 heavy (non-hydrogen) atoms. The molecule has 0 unspecified atom stereocenters. The van der Waals surface area contributed by atoms with Crippen LogP contribution in [0.3, 0.4) is 0 Å². The molecule has 0 fully saturated rings. The molecule has 0 bridgehead atoms. The molecule has 0 saturated heterocycles. The standard InChI is InChI=1S/C13H8Cl4OS/c14-8-3-1-7(2-4-8)11(16)12(17)13(18)9-5-6-10(15)19-9/h1-6,11-12H/t11-,12+/m1/s1. The Morgan fingerprint density at radius 3 is 2.16 bits per heavy atom. The molecule has 2 rings (SSSR count). The molecule has 0 amide bonds.